The van der Waals surface area contributed by atoms with E-state index in [0.717, 1.165) is 33.3 Å². The Labute approximate surface area is 197 Å². The fourth-order valence-corrected chi connectivity index (χ4v) is 4.05. The molecule has 1 N–H and O–H groups in total. The number of nitrogens with one attached hydrogen (secondary N) is 1. The van der Waals surface area contributed by atoms with Gasteiger partial charge < -0.3 is 14.5 Å². The predicted molar refractivity (Wildman–Crippen MR) is 132 cm³/mol. The summed E-state index contributed by atoms with van der Waals surface area (Å²) in [4.78, 5) is 25.1. The number of anilines is 1. The van der Waals surface area contributed by atoms with E-state index in [1.54, 1.807) is 12.1 Å². The van der Waals surface area contributed by atoms with Crippen molar-refractivity contribution < 1.29 is 13.9 Å². The average molecular weight is 462 g/mol. The van der Waals surface area contributed by atoms with Gasteiger partial charge >= 0.3 is 5.63 Å². The summed E-state index contributed by atoms with van der Waals surface area (Å²) >= 11 is 6.45. The number of para-hydroxylation sites is 1. The van der Waals surface area contributed by atoms with Crippen LogP contribution in [0.3, 0.4) is 0 Å². The van der Waals surface area contributed by atoms with Crippen molar-refractivity contribution in [3.63, 3.8) is 0 Å². The summed E-state index contributed by atoms with van der Waals surface area (Å²) in [6.07, 6.45) is 0.472. The molecule has 168 valence electrons. The van der Waals surface area contributed by atoms with Gasteiger partial charge in [-0.05, 0) is 49.1 Å². The second-order valence-corrected chi connectivity index (χ2v) is 8.45. The molecule has 0 saturated heterocycles. The molecule has 0 bridgehead atoms. The fraction of sp³-hybridized carbons (Fsp3) is 0.185. The normalized spacial score (nSPS) is 10.9. The lowest BCUT2D eigenvalue weighted by atomic mass is 9.99. The van der Waals surface area contributed by atoms with Gasteiger partial charge in [-0.15, -0.1) is 0 Å². The zero-order chi connectivity index (χ0) is 23.5. The van der Waals surface area contributed by atoms with Crippen LogP contribution in [0.15, 0.2) is 69.9 Å². The molecule has 0 atom stereocenters. The van der Waals surface area contributed by atoms with E-state index in [1.807, 2.05) is 69.3 Å². The maximum absolute atomic E-state index is 12.7. The van der Waals surface area contributed by atoms with E-state index >= 15 is 0 Å². The van der Waals surface area contributed by atoms with Gasteiger partial charge in [0.1, 0.15) is 11.3 Å². The van der Waals surface area contributed by atoms with Crippen molar-refractivity contribution in [1.82, 2.24) is 0 Å². The van der Waals surface area contributed by atoms with Crippen molar-refractivity contribution in [3.8, 4) is 5.75 Å². The number of fused-ring (bicyclic) bond motifs is 1. The highest BCUT2D eigenvalue weighted by molar-refractivity contribution is 6.32. The van der Waals surface area contributed by atoms with Crippen molar-refractivity contribution in [2.24, 2.45) is 0 Å². The molecule has 4 rings (SSSR count). The van der Waals surface area contributed by atoms with E-state index < -0.39 is 5.63 Å². The summed E-state index contributed by atoms with van der Waals surface area (Å²) in [6, 6.07) is 18.8. The number of aryl methyl sites for hydroxylation is 3. The molecule has 33 heavy (non-hydrogen) atoms. The fourth-order valence-electron chi connectivity index (χ4n) is 3.84. The highest BCUT2D eigenvalue weighted by Crippen LogP contribution is 2.32. The van der Waals surface area contributed by atoms with E-state index in [-0.39, 0.29) is 18.3 Å². The quantitative estimate of drug-likeness (QED) is 0.358. The molecule has 5 nitrogen and oxygen atoms in total. The van der Waals surface area contributed by atoms with E-state index in [4.69, 9.17) is 20.8 Å². The Kier molecular flexibility index (Phi) is 6.52. The van der Waals surface area contributed by atoms with Crippen molar-refractivity contribution in [3.05, 3.63) is 104 Å². The predicted octanol–water partition coefficient (Wildman–Crippen LogP) is 5.98. The summed E-state index contributed by atoms with van der Waals surface area (Å²) in [6.45, 7) is 5.51. The maximum atomic E-state index is 12.7. The van der Waals surface area contributed by atoms with Crippen LogP contribution < -0.4 is 15.7 Å². The molecule has 0 radical (unpaired) electrons. The Balaban J connectivity index is 1.56. The van der Waals surface area contributed by atoms with Gasteiger partial charge in [0.2, 0.25) is 0 Å². The molecule has 0 aliphatic rings. The number of carbonyl (C=O) groups excluding carboxylic acids is 1. The highest BCUT2D eigenvalue weighted by Gasteiger charge is 2.16. The van der Waals surface area contributed by atoms with Crippen LogP contribution in [0.4, 0.5) is 5.69 Å². The first-order chi connectivity index (χ1) is 15.8. The summed E-state index contributed by atoms with van der Waals surface area (Å²) < 4.78 is 11.2. The third kappa shape index (κ3) is 4.94. The smallest absolute Gasteiger partial charge is 0.340 e. The Bertz CT molecular complexity index is 1370. The summed E-state index contributed by atoms with van der Waals surface area (Å²) in [5, 5.41) is 3.95. The Hall–Kier alpha value is -3.57. The zero-order valence-corrected chi connectivity index (χ0v) is 19.5. The van der Waals surface area contributed by atoms with Crippen molar-refractivity contribution in [2.75, 3.05) is 11.9 Å². The minimum Gasteiger partial charge on any atom is -0.482 e. The lowest BCUT2D eigenvalue weighted by molar-refractivity contribution is -0.118. The van der Waals surface area contributed by atoms with Gasteiger partial charge in [0.15, 0.2) is 6.61 Å². The van der Waals surface area contributed by atoms with Crippen LogP contribution in [0.2, 0.25) is 5.02 Å². The van der Waals surface area contributed by atoms with E-state index in [9.17, 15) is 9.59 Å². The molecule has 0 aliphatic heterocycles. The van der Waals surface area contributed by atoms with Crippen LogP contribution in [-0.4, -0.2) is 12.5 Å². The van der Waals surface area contributed by atoms with Crippen LogP contribution in [-0.2, 0) is 11.2 Å². The lowest BCUT2D eigenvalue weighted by Crippen LogP contribution is -2.21. The first-order valence-electron chi connectivity index (χ1n) is 10.6. The molecule has 0 fully saturated rings. The second kappa shape index (κ2) is 9.51. The molecule has 6 heteroatoms. The van der Waals surface area contributed by atoms with Gasteiger partial charge in [-0.3, -0.25) is 4.79 Å². The number of carbonyl (C=O) groups is 1. The molecule has 0 aliphatic carbocycles. The number of amides is 1. The van der Waals surface area contributed by atoms with Crippen LogP contribution in [0, 0.1) is 20.8 Å². The molecule has 4 aromatic rings. The maximum Gasteiger partial charge on any atom is 0.340 e. The van der Waals surface area contributed by atoms with Gasteiger partial charge in [0.25, 0.3) is 5.91 Å². The molecular formula is C27H24ClNO4. The van der Waals surface area contributed by atoms with Crippen LogP contribution in [0.25, 0.3) is 11.0 Å². The Morgan fingerprint density at radius 3 is 2.39 bits per heavy atom. The summed E-state index contributed by atoms with van der Waals surface area (Å²) in [7, 11) is 0. The van der Waals surface area contributed by atoms with Crippen molar-refractivity contribution in [2.45, 2.75) is 27.2 Å². The number of benzene rings is 3. The minimum atomic E-state index is -0.398. The van der Waals surface area contributed by atoms with Crippen LogP contribution in [0.5, 0.6) is 5.75 Å². The van der Waals surface area contributed by atoms with Crippen molar-refractivity contribution >= 4 is 34.2 Å². The van der Waals surface area contributed by atoms with Crippen LogP contribution >= 0.6 is 11.6 Å². The molecule has 1 heterocycles. The number of halogens is 1. The number of ether oxygens (including phenoxy) is 1. The number of hydrogen-bond donors (Lipinski definition) is 1. The molecule has 0 unspecified atom stereocenters. The lowest BCUT2D eigenvalue weighted by Gasteiger charge is -2.13. The minimum absolute atomic E-state index is 0.228. The van der Waals surface area contributed by atoms with Gasteiger partial charge in [-0.2, -0.15) is 0 Å². The third-order valence-electron chi connectivity index (χ3n) is 5.67. The topological polar surface area (TPSA) is 68.5 Å². The van der Waals surface area contributed by atoms with Gasteiger partial charge in [-0.25, -0.2) is 4.79 Å². The number of hydrogen-bond acceptors (Lipinski definition) is 4. The average Bonchev–Trinajstić information content (AvgIpc) is 2.79. The summed E-state index contributed by atoms with van der Waals surface area (Å²) in [5.41, 5.74) is 5.09. The van der Waals surface area contributed by atoms with Gasteiger partial charge in [-0.1, -0.05) is 60.1 Å². The number of rotatable bonds is 6. The highest BCUT2D eigenvalue weighted by atomic mass is 35.5. The largest absolute Gasteiger partial charge is 0.482 e. The van der Waals surface area contributed by atoms with Crippen molar-refractivity contribution in [1.29, 1.82) is 0 Å². The third-order valence-corrected chi connectivity index (χ3v) is 5.96. The Morgan fingerprint density at radius 2 is 1.70 bits per heavy atom. The molecule has 3 aromatic carbocycles. The monoisotopic (exact) mass is 461 g/mol. The first kappa shape index (κ1) is 22.6. The summed E-state index contributed by atoms with van der Waals surface area (Å²) in [5.74, 6) is -0.0291. The molecular weight excluding hydrogens is 438 g/mol. The van der Waals surface area contributed by atoms with E-state index in [0.29, 0.717) is 22.6 Å². The molecule has 0 saturated carbocycles. The Morgan fingerprint density at radius 1 is 1.00 bits per heavy atom. The van der Waals surface area contributed by atoms with Crippen LogP contribution in [0.1, 0.15) is 27.8 Å². The van der Waals surface area contributed by atoms with Gasteiger partial charge in [0, 0.05) is 29.1 Å². The van der Waals surface area contributed by atoms with Gasteiger partial charge in [0.05, 0.1) is 5.02 Å². The second-order valence-electron chi connectivity index (χ2n) is 8.04. The molecule has 0 spiro atoms. The SMILES string of the molecule is Cc1cccc(C)c1NC(=O)COc1cc2oc(=O)c(Cc3ccccc3)c(C)c2cc1Cl. The molecule has 1 aromatic heterocycles. The zero-order valence-electron chi connectivity index (χ0n) is 18.7. The van der Waals surface area contributed by atoms with E-state index in [1.165, 1.54) is 0 Å². The van der Waals surface area contributed by atoms with E-state index in [2.05, 4.69) is 5.32 Å². The first-order valence-corrected chi connectivity index (χ1v) is 11.0. The standard InChI is InChI=1S/C27H24ClNO4/c1-16-8-7-9-17(2)26(16)29-25(30)15-32-24-14-23-20(13-22(24)28)18(3)21(27(31)33-23)12-19-10-5-4-6-11-19/h4-11,13-14H,12,15H2,1-3H3,(H,29,30). The molecule has 1 amide bonds.